The van der Waals surface area contributed by atoms with Crippen molar-refractivity contribution in [3.05, 3.63) is 71.8 Å². The number of aromatic nitrogens is 2. The smallest absolute Gasteiger partial charge is 0.416 e. The van der Waals surface area contributed by atoms with Crippen LogP contribution in [0.2, 0.25) is 10.0 Å². The van der Waals surface area contributed by atoms with Gasteiger partial charge >= 0.3 is 18.0 Å². The van der Waals surface area contributed by atoms with Gasteiger partial charge in [-0.15, -0.1) is 0 Å². The van der Waals surface area contributed by atoms with Crippen LogP contribution in [0.4, 0.5) is 18.0 Å². The van der Waals surface area contributed by atoms with Gasteiger partial charge in [0.1, 0.15) is 0 Å². The summed E-state index contributed by atoms with van der Waals surface area (Å²) in [6.45, 7) is 1.04. The molecule has 0 aliphatic carbocycles. The number of carboxylic acid groups (broad SMARTS) is 1. The predicted molar refractivity (Wildman–Crippen MR) is 147 cm³/mol. The standard InChI is InChI=1S/C25H25Cl2F3N4O6S/c1-2-41(39,40)19-6-5-14(26)8-13(19)10-34-22(35)16-9-18(25(28,29)30)17(20(27)21(16)32-23(34)36)12-33-7-3-4-15(11-33)31-24(37)38/h5-6,8-9,15,31H,2-4,7,10-12H2,1H3,(H,32,36)(H,37,38)/t15-/m1/s1. The lowest BCUT2D eigenvalue weighted by atomic mass is 10.0. The Balaban J connectivity index is 1.84. The third-order valence-corrected chi connectivity index (χ3v) is 9.39. The predicted octanol–water partition coefficient (Wildman–Crippen LogP) is 4.09. The molecule has 1 atom stereocenters. The van der Waals surface area contributed by atoms with E-state index in [0.29, 0.717) is 30.0 Å². The van der Waals surface area contributed by atoms with Gasteiger partial charge in [0.2, 0.25) is 0 Å². The maximum atomic E-state index is 14.3. The molecule has 1 aliphatic heterocycles. The number of nitrogens with zero attached hydrogens (tertiary/aromatic N) is 2. The molecule has 41 heavy (non-hydrogen) atoms. The molecule has 2 aromatic carbocycles. The van der Waals surface area contributed by atoms with Crippen molar-refractivity contribution in [3.63, 3.8) is 0 Å². The van der Waals surface area contributed by atoms with E-state index >= 15 is 0 Å². The summed E-state index contributed by atoms with van der Waals surface area (Å²) >= 11 is 12.4. The van der Waals surface area contributed by atoms with Gasteiger partial charge in [0.15, 0.2) is 9.84 Å². The molecule has 222 valence electrons. The van der Waals surface area contributed by atoms with Crippen LogP contribution in [0.3, 0.4) is 0 Å². The number of halogens is 5. The van der Waals surface area contributed by atoms with Gasteiger partial charge in [-0.3, -0.25) is 14.3 Å². The van der Waals surface area contributed by atoms with Gasteiger partial charge in [-0.05, 0) is 54.8 Å². The minimum Gasteiger partial charge on any atom is -0.465 e. The highest BCUT2D eigenvalue weighted by atomic mass is 35.5. The SMILES string of the molecule is CCS(=O)(=O)c1ccc(Cl)cc1Cn1c(=O)[nH]c2c(Cl)c(CN3CCC[C@@H](NC(=O)O)C3)c(C(F)(F)F)cc2c1=O. The second-order valence-electron chi connectivity index (χ2n) is 9.64. The van der Waals surface area contributed by atoms with Gasteiger partial charge in [0.25, 0.3) is 5.56 Å². The second kappa shape index (κ2) is 11.7. The van der Waals surface area contributed by atoms with E-state index in [0.717, 1.165) is 0 Å². The summed E-state index contributed by atoms with van der Waals surface area (Å²) in [5.41, 5.74) is -3.97. The molecule has 0 radical (unpaired) electrons. The van der Waals surface area contributed by atoms with Crippen LogP contribution in [0.25, 0.3) is 10.9 Å². The molecule has 1 fully saturated rings. The lowest BCUT2D eigenvalue weighted by molar-refractivity contribution is -0.138. The Bertz CT molecular complexity index is 1740. The van der Waals surface area contributed by atoms with Crippen molar-refractivity contribution in [1.29, 1.82) is 0 Å². The van der Waals surface area contributed by atoms with Gasteiger partial charge in [-0.2, -0.15) is 13.2 Å². The van der Waals surface area contributed by atoms with Crippen molar-refractivity contribution in [1.82, 2.24) is 19.8 Å². The van der Waals surface area contributed by atoms with Crippen molar-refractivity contribution < 1.29 is 31.5 Å². The minimum atomic E-state index is -4.93. The van der Waals surface area contributed by atoms with Crippen molar-refractivity contribution in [3.8, 4) is 0 Å². The zero-order chi connectivity index (χ0) is 30.3. The molecule has 0 bridgehead atoms. The fourth-order valence-corrected chi connectivity index (χ4v) is 6.58. The maximum Gasteiger partial charge on any atom is 0.416 e. The first-order chi connectivity index (χ1) is 19.1. The third kappa shape index (κ3) is 6.55. The number of nitrogens with one attached hydrogen (secondary N) is 2. The summed E-state index contributed by atoms with van der Waals surface area (Å²) in [4.78, 5) is 41.3. The van der Waals surface area contributed by atoms with E-state index in [-0.39, 0.29) is 45.4 Å². The summed E-state index contributed by atoms with van der Waals surface area (Å²) in [6, 6.07) is 3.96. The molecule has 0 unspecified atom stereocenters. The monoisotopic (exact) mass is 636 g/mol. The molecule has 1 aliphatic rings. The summed E-state index contributed by atoms with van der Waals surface area (Å²) in [6.07, 6.45) is -5.13. The minimum absolute atomic E-state index is 0.0136. The fourth-order valence-electron chi connectivity index (χ4n) is 4.96. The number of hydrogen-bond acceptors (Lipinski definition) is 6. The fraction of sp³-hybridized carbons (Fsp3) is 0.400. The van der Waals surface area contributed by atoms with Crippen LogP contribution < -0.4 is 16.6 Å². The summed E-state index contributed by atoms with van der Waals surface area (Å²) in [5.74, 6) is -0.276. The number of rotatable bonds is 7. The molecule has 3 N–H and O–H groups in total. The second-order valence-corrected chi connectivity index (χ2v) is 12.7. The maximum absolute atomic E-state index is 14.3. The number of amides is 1. The molecule has 2 heterocycles. The summed E-state index contributed by atoms with van der Waals surface area (Å²) in [7, 11) is -3.80. The number of likely N-dealkylation sites (tertiary alicyclic amines) is 1. The molecule has 10 nitrogen and oxygen atoms in total. The first-order valence-electron chi connectivity index (χ1n) is 12.4. The Morgan fingerprint density at radius 1 is 1.20 bits per heavy atom. The average Bonchev–Trinajstić information content (AvgIpc) is 2.87. The summed E-state index contributed by atoms with van der Waals surface area (Å²) < 4.78 is 68.5. The number of hydrogen-bond donors (Lipinski definition) is 3. The molecular formula is C25H25Cl2F3N4O6S. The zero-order valence-corrected chi connectivity index (χ0v) is 23.8. The average molecular weight is 637 g/mol. The van der Waals surface area contributed by atoms with Crippen LogP contribution in [0.5, 0.6) is 0 Å². The molecule has 1 amide bonds. The molecule has 1 saturated heterocycles. The highest BCUT2D eigenvalue weighted by molar-refractivity contribution is 7.91. The Morgan fingerprint density at radius 2 is 1.90 bits per heavy atom. The van der Waals surface area contributed by atoms with E-state index < -0.39 is 61.9 Å². The van der Waals surface area contributed by atoms with Crippen LogP contribution in [-0.4, -0.2) is 59.0 Å². The van der Waals surface area contributed by atoms with E-state index in [9.17, 15) is 36.0 Å². The topological polar surface area (TPSA) is 142 Å². The Kier molecular flexibility index (Phi) is 8.79. The van der Waals surface area contributed by atoms with E-state index in [1.54, 1.807) is 4.90 Å². The molecule has 0 spiro atoms. The molecule has 16 heteroatoms. The van der Waals surface area contributed by atoms with Crippen LogP contribution in [0, 0.1) is 0 Å². The van der Waals surface area contributed by atoms with Gasteiger partial charge in [0, 0.05) is 24.2 Å². The number of sulfone groups is 1. The van der Waals surface area contributed by atoms with Crippen molar-refractivity contribution in [2.75, 3.05) is 18.8 Å². The Hall–Kier alpha value is -3.07. The summed E-state index contributed by atoms with van der Waals surface area (Å²) in [5, 5.41) is 10.5. The van der Waals surface area contributed by atoms with Crippen LogP contribution in [-0.2, 0) is 29.1 Å². The Labute approximate surface area is 241 Å². The van der Waals surface area contributed by atoms with Gasteiger partial charge in [-0.25, -0.2) is 18.0 Å². The first kappa shape index (κ1) is 30.9. The number of fused-ring (bicyclic) bond motifs is 1. The van der Waals surface area contributed by atoms with E-state index in [1.807, 2.05) is 0 Å². The Morgan fingerprint density at radius 3 is 2.54 bits per heavy atom. The van der Waals surface area contributed by atoms with Crippen LogP contribution in [0.1, 0.15) is 36.5 Å². The van der Waals surface area contributed by atoms with E-state index in [4.69, 9.17) is 28.3 Å². The number of H-pyrrole nitrogens is 1. The van der Waals surface area contributed by atoms with Gasteiger partial charge < -0.3 is 15.4 Å². The molecular weight excluding hydrogens is 612 g/mol. The number of alkyl halides is 3. The lowest BCUT2D eigenvalue weighted by Crippen LogP contribution is -2.47. The number of piperidine rings is 1. The van der Waals surface area contributed by atoms with Crippen LogP contribution in [0.15, 0.2) is 38.8 Å². The van der Waals surface area contributed by atoms with Gasteiger partial charge in [0.05, 0.1) is 38.7 Å². The normalized spacial score (nSPS) is 16.7. The highest BCUT2D eigenvalue weighted by Gasteiger charge is 2.37. The molecule has 4 rings (SSSR count). The molecule has 1 aromatic heterocycles. The number of benzene rings is 2. The quantitative estimate of drug-likeness (QED) is 0.355. The van der Waals surface area contributed by atoms with Crippen molar-refractivity contribution in [2.45, 2.75) is 50.0 Å². The third-order valence-electron chi connectivity index (χ3n) is 6.91. The molecule has 3 aromatic rings. The van der Waals surface area contributed by atoms with Crippen molar-refractivity contribution in [2.24, 2.45) is 0 Å². The number of carbonyl (C=O) groups is 1. The largest absolute Gasteiger partial charge is 0.465 e. The van der Waals surface area contributed by atoms with E-state index in [2.05, 4.69) is 10.3 Å². The van der Waals surface area contributed by atoms with Gasteiger partial charge in [-0.1, -0.05) is 30.1 Å². The first-order valence-corrected chi connectivity index (χ1v) is 14.8. The molecule has 0 saturated carbocycles. The van der Waals surface area contributed by atoms with Crippen molar-refractivity contribution >= 4 is 50.0 Å². The van der Waals surface area contributed by atoms with Crippen LogP contribution >= 0.6 is 23.2 Å². The lowest BCUT2D eigenvalue weighted by Gasteiger charge is -2.33. The highest BCUT2D eigenvalue weighted by Crippen LogP contribution is 2.39. The zero-order valence-electron chi connectivity index (χ0n) is 21.5. The van der Waals surface area contributed by atoms with E-state index in [1.165, 1.54) is 25.1 Å². The number of aromatic amines is 1.